The average Bonchev–Trinajstić information content (AvgIpc) is 3.12. The predicted octanol–water partition coefficient (Wildman–Crippen LogP) is 4.16. The Hall–Kier alpha value is -2.64. The number of para-hydroxylation sites is 1. The van der Waals surface area contributed by atoms with E-state index in [1.54, 1.807) is 12.1 Å². The highest BCUT2D eigenvalue weighted by Crippen LogP contribution is 2.20. The molecule has 3 aromatic rings. The SMILES string of the molecule is CCN(CC)S(=O)(=O)c1ccc(NC(=O)CCCc2c[nH]c3ccccc23)cc1. The molecule has 1 aromatic heterocycles. The van der Waals surface area contributed by atoms with Crippen molar-refractivity contribution in [2.45, 2.75) is 38.0 Å². The summed E-state index contributed by atoms with van der Waals surface area (Å²) in [6.45, 7) is 4.47. The molecule has 0 saturated carbocycles. The van der Waals surface area contributed by atoms with E-state index in [0.29, 0.717) is 25.2 Å². The Morgan fingerprint density at radius 1 is 1.03 bits per heavy atom. The first kappa shape index (κ1) is 21.1. The van der Waals surface area contributed by atoms with Gasteiger partial charge in [-0.1, -0.05) is 32.0 Å². The normalized spacial score (nSPS) is 11.8. The highest BCUT2D eigenvalue weighted by atomic mass is 32.2. The summed E-state index contributed by atoms with van der Waals surface area (Å²) in [5.41, 5.74) is 2.91. The Kier molecular flexibility index (Phi) is 6.71. The molecular weight excluding hydrogens is 386 g/mol. The second-order valence-corrected chi connectivity index (χ2v) is 8.81. The summed E-state index contributed by atoms with van der Waals surface area (Å²) in [6.07, 6.45) is 3.96. The minimum atomic E-state index is -3.49. The number of H-pyrrole nitrogens is 1. The molecule has 0 atom stereocenters. The number of benzene rings is 2. The van der Waals surface area contributed by atoms with Crippen LogP contribution in [0.15, 0.2) is 59.6 Å². The molecule has 1 heterocycles. The number of anilines is 1. The summed E-state index contributed by atoms with van der Waals surface area (Å²) in [5.74, 6) is -0.0795. The number of hydrogen-bond donors (Lipinski definition) is 2. The lowest BCUT2D eigenvalue weighted by molar-refractivity contribution is -0.116. The molecule has 0 radical (unpaired) electrons. The van der Waals surface area contributed by atoms with E-state index in [0.717, 1.165) is 18.4 Å². The van der Waals surface area contributed by atoms with Crippen LogP contribution in [0.4, 0.5) is 5.69 Å². The van der Waals surface area contributed by atoms with E-state index >= 15 is 0 Å². The Balaban J connectivity index is 1.54. The van der Waals surface area contributed by atoms with Gasteiger partial charge >= 0.3 is 0 Å². The maximum Gasteiger partial charge on any atom is 0.243 e. The molecule has 29 heavy (non-hydrogen) atoms. The highest BCUT2D eigenvalue weighted by Gasteiger charge is 2.21. The summed E-state index contributed by atoms with van der Waals surface area (Å²) in [6, 6.07) is 14.5. The smallest absolute Gasteiger partial charge is 0.243 e. The van der Waals surface area contributed by atoms with Gasteiger partial charge in [0.05, 0.1) is 4.90 Å². The zero-order valence-corrected chi connectivity index (χ0v) is 17.6. The van der Waals surface area contributed by atoms with Crippen LogP contribution in [-0.2, 0) is 21.2 Å². The van der Waals surface area contributed by atoms with Gasteiger partial charge in [0, 0.05) is 42.3 Å². The van der Waals surface area contributed by atoms with Gasteiger partial charge < -0.3 is 10.3 Å². The molecular formula is C22H27N3O3S. The van der Waals surface area contributed by atoms with E-state index in [2.05, 4.69) is 16.4 Å². The molecule has 0 spiro atoms. The second kappa shape index (κ2) is 9.24. The fourth-order valence-corrected chi connectivity index (χ4v) is 4.88. The number of rotatable bonds is 9. The number of carbonyl (C=O) groups excluding carboxylic acids is 1. The number of aryl methyl sites for hydroxylation is 1. The summed E-state index contributed by atoms with van der Waals surface area (Å²) >= 11 is 0. The predicted molar refractivity (Wildman–Crippen MR) is 116 cm³/mol. The Bertz CT molecular complexity index is 1070. The molecule has 1 amide bonds. The fourth-order valence-electron chi connectivity index (χ4n) is 3.42. The number of aromatic amines is 1. The van der Waals surface area contributed by atoms with E-state index in [4.69, 9.17) is 0 Å². The van der Waals surface area contributed by atoms with Crippen molar-refractivity contribution in [3.63, 3.8) is 0 Å². The first-order chi connectivity index (χ1) is 14.0. The van der Waals surface area contributed by atoms with Crippen molar-refractivity contribution in [3.8, 4) is 0 Å². The standard InChI is InChI=1S/C22H27N3O3S/c1-3-25(4-2)29(27,28)19-14-12-18(13-15-19)24-22(26)11-7-8-17-16-23-21-10-6-5-9-20(17)21/h5-6,9-10,12-16,23H,3-4,7-8,11H2,1-2H3,(H,24,26). The number of aromatic nitrogens is 1. The van der Waals surface area contributed by atoms with Crippen molar-refractivity contribution in [3.05, 3.63) is 60.3 Å². The van der Waals surface area contributed by atoms with Gasteiger partial charge in [0.25, 0.3) is 0 Å². The molecule has 0 fully saturated rings. The van der Waals surface area contributed by atoms with Crippen molar-refractivity contribution in [1.29, 1.82) is 0 Å². The Labute approximate surface area is 172 Å². The minimum Gasteiger partial charge on any atom is -0.361 e. The molecule has 0 aliphatic rings. The number of nitrogens with zero attached hydrogens (tertiary/aromatic N) is 1. The van der Waals surface area contributed by atoms with Gasteiger partial charge in [-0.05, 0) is 48.7 Å². The molecule has 3 rings (SSSR count). The first-order valence-electron chi connectivity index (χ1n) is 9.90. The van der Waals surface area contributed by atoms with Crippen molar-refractivity contribution in [1.82, 2.24) is 9.29 Å². The summed E-state index contributed by atoms with van der Waals surface area (Å²) in [5, 5.41) is 4.03. The lowest BCUT2D eigenvalue weighted by atomic mass is 10.1. The Morgan fingerprint density at radius 3 is 2.41 bits per heavy atom. The van der Waals surface area contributed by atoms with Gasteiger partial charge in [-0.3, -0.25) is 4.79 Å². The third-order valence-corrected chi connectivity index (χ3v) is 7.07. The maximum atomic E-state index is 12.5. The van der Waals surface area contributed by atoms with Crippen molar-refractivity contribution >= 4 is 32.5 Å². The van der Waals surface area contributed by atoms with Crippen molar-refractivity contribution < 1.29 is 13.2 Å². The van der Waals surface area contributed by atoms with Gasteiger partial charge in [0.2, 0.25) is 15.9 Å². The molecule has 0 aliphatic carbocycles. The molecule has 0 bridgehead atoms. The van der Waals surface area contributed by atoms with Crippen molar-refractivity contribution in [2.24, 2.45) is 0 Å². The molecule has 0 unspecified atom stereocenters. The molecule has 7 heteroatoms. The van der Waals surface area contributed by atoms with Gasteiger partial charge in [0.15, 0.2) is 0 Å². The molecule has 154 valence electrons. The van der Waals surface area contributed by atoms with Gasteiger partial charge in [-0.15, -0.1) is 0 Å². The van der Waals surface area contributed by atoms with E-state index in [1.807, 2.05) is 38.2 Å². The Morgan fingerprint density at radius 2 is 1.72 bits per heavy atom. The van der Waals surface area contributed by atoms with Gasteiger partial charge in [-0.25, -0.2) is 8.42 Å². The van der Waals surface area contributed by atoms with Crippen LogP contribution in [0, 0.1) is 0 Å². The molecule has 0 aliphatic heterocycles. The van der Waals surface area contributed by atoms with Crippen LogP contribution in [0.2, 0.25) is 0 Å². The lowest BCUT2D eigenvalue weighted by Crippen LogP contribution is -2.30. The second-order valence-electron chi connectivity index (χ2n) is 6.87. The van der Waals surface area contributed by atoms with E-state index in [9.17, 15) is 13.2 Å². The third-order valence-electron chi connectivity index (χ3n) is 5.01. The van der Waals surface area contributed by atoms with Crippen LogP contribution in [-0.4, -0.2) is 36.7 Å². The van der Waals surface area contributed by atoms with E-state index in [1.165, 1.54) is 27.4 Å². The van der Waals surface area contributed by atoms with Crippen LogP contribution in [0.25, 0.3) is 10.9 Å². The number of sulfonamides is 1. The highest BCUT2D eigenvalue weighted by molar-refractivity contribution is 7.89. The van der Waals surface area contributed by atoms with Gasteiger partial charge in [0.1, 0.15) is 0 Å². The molecule has 2 N–H and O–H groups in total. The summed E-state index contributed by atoms with van der Waals surface area (Å²) in [4.78, 5) is 15.7. The summed E-state index contributed by atoms with van der Waals surface area (Å²) < 4.78 is 26.4. The fraction of sp³-hybridized carbons (Fsp3) is 0.318. The zero-order valence-electron chi connectivity index (χ0n) is 16.8. The number of amides is 1. The number of nitrogens with one attached hydrogen (secondary N) is 2. The third kappa shape index (κ3) is 4.86. The quantitative estimate of drug-likeness (QED) is 0.553. The average molecular weight is 414 g/mol. The van der Waals surface area contributed by atoms with Crippen LogP contribution in [0.3, 0.4) is 0 Å². The first-order valence-corrected chi connectivity index (χ1v) is 11.3. The number of hydrogen-bond acceptors (Lipinski definition) is 3. The van der Waals surface area contributed by atoms with Crippen molar-refractivity contribution in [2.75, 3.05) is 18.4 Å². The maximum absolute atomic E-state index is 12.5. The minimum absolute atomic E-state index is 0.0795. The van der Waals surface area contributed by atoms with Gasteiger partial charge in [-0.2, -0.15) is 4.31 Å². The monoisotopic (exact) mass is 413 g/mol. The zero-order chi connectivity index (χ0) is 20.9. The van der Waals surface area contributed by atoms with Crippen LogP contribution < -0.4 is 5.32 Å². The van der Waals surface area contributed by atoms with E-state index in [-0.39, 0.29) is 10.8 Å². The molecule has 2 aromatic carbocycles. The summed E-state index contributed by atoms with van der Waals surface area (Å²) in [7, 11) is -3.49. The van der Waals surface area contributed by atoms with Crippen LogP contribution >= 0.6 is 0 Å². The molecule has 6 nitrogen and oxygen atoms in total. The number of fused-ring (bicyclic) bond motifs is 1. The largest absolute Gasteiger partial charge is 0.361 e. The topological polar surface area (TPSA) is 82.3 Å². The van der Waals surface area contributed by atoms with Crippen LogP contribution in [0.1, 0.15) is 32.3 Å². The molecule has 0 saturated heterocycles. The number of carbonyl (C=O) groups is 1. The van der Waals surface area contributed by atoms with Crippen LogP contribution in [0.5, 0.6) is 0 Å². The lowest BCUT2D eigenvalue weighted by Gasteiger charge is -2.18. The van der Waals surface area contributed by atoms with E-state index < -0.39 is 10.0 Å².